The van der Waals surface area contributed by atoms with Gasteiger partial charge in [-0.1, -0.05) is 35.9 Å². The van der Waals surface area contributed by atoms with Crippen molar-refractivity contribution < 1.29 is 0 Å². The number of hydrogen-bond acceptors (Lipinski definition) is 5. The largest absolute Gasteiger partial charge is 0.253 e. The number of nitrogens with one attached hydrogen (secondary N) is 1. The molecule has 1 aromatic carbocycles. The number of hydrazone groups is 1. The minimum atomic E-state index is 0.677. The van der Waals surface area contributed by atoms with E-state index in [2.05, 4.69) is 21.6 Å². The third-order valence-electron chi connectivity index (χ3n) is 2.55. The van der Waals surface area contributed by atoms with E-state index in [0.717, 1.165) is 21.3 Å². The molecule has 0 bridgehead atoms. The van der Waals surface area contributed by atoms with E-state index >= 15 is 0 Å². The lowest BCUT2D eigenvalue weighted by Crippen LogP contribution is -1.90. The summed E-state index contributed by atoms with van der Waals surface area (Å²) in [6.07, 6.45) is 1.69. The fourth-order valence-corrected chi connectivity index (χ4v) is 3.20. The van der Waals surface area contributed by atoms with Gasteiger partial charge in [-0.2, -0.15) is 5.10 Å². The molecule has 0 radical (unpaired) electrons. The van der Waals surface area contributed by atoms with Crippen molar-refractivity contribution in [2.45, 2.75) is 0 Å². The van der Waals surface area contributed by atoms with Crippen LogP contribution in [0.25, 0.3) is 10.6 Å². The summed E-state index contributed by atoms with van der Waals surface area (Å²) in [6.45, 7) is 0. The molecule has 0 aliphatic heterocycles. The lowest BCUT2D eigenvalue weighted by molar-refractivity contribution is 1.29. The van der Waals surface area contributed by atoms with Crippen LogP contribution in [0.5, 0.6) is 0 Å². The lowest BCUT2D eigenvalue weighted by Gasteiger charge is -1.96. The summed E-state index contributed by atoms with van der Waals surface area (Å²) in [5, 5.41) is 9.65. The van der Waals surface area contributed by atoms with Gasteiger partial charge in [-0.15, -0.1) is 22.7 Å². The van der Waals surface area contributed by atoms with E-state index in [4.69, 9.17) is 11.6 Å². The van der Waals surface area contributed by atoms with Crippen LogP contribution < -0.4 is 5.43 Å². The quantitative estimate of drug-likeness (QED) is 0.544. The molecule has 0 unspecified atom stereocenters. The van der Waals surface area contributed by atoms with Crippen molar-refractivity contribution in [1.29, 1.82) is 0 Å². The predicted octanol–water partition coefficient (Wildman–Crippen LogP) is 4.97. The zero-order valence-electron chi connectivity index (χ0n) is 10.3. The van der Waals surface area contributed by atoms with E-state index in [1.165, 1.54) is 11.3 Å². The highest BCUT2D eigenvalue weighted by Crippen LogP contribution is 2.28. The van der Waals surface area contributed by atoms with Crippen LogP contribution in [0.1, 0.15) is 5.56 Å². The van der Waals surface area contributed by atoms with Crippen LogP contribution in [-0.4, -0.2) is 11.2 Å². The number of thiophene rings is 1. The highest BCUT2D eigenvalue weighted by atomic mass is 35.5. The number of thiazole rings is 1. The Morgan fingerprint density at radius 2 is 2.05 bits per heavy atom. The number of rotatable bonds is 4. The molecule has 6 heteroatoms. The van der Waals surface area contributed by atoms with Gasteiger partial charge < -0.3 is 0 Å². The first-order valence-corrected chi connectivity index (χ1v) is 7.99. The summed E-state index contributed by atoms with van der Waals surface area (Å²) in [7, 11) is 0. The molecule has 2 aromatic heterocycles. The van der Waals surface area contributed by atoms with E-state index in [1.54, 1.807) is 17.6 Å². The van der Waals surface area contributed by atoms with Crippen molar-refractivity contribution >= 4 is 45.6 Å². The number of anilines is 1. The van der Waals surface area contributed by atoms with Gasteiger partial charge >= 0.3 is 0 Å². The van der Waals surface area contributed by atoms with Crippen LogP contribution in [0, 0.1) is 0 Å². The number of aromatic nitrogens is 1. The molecule has 1 N–H and O–H groups in total. The maximum atomic E-state index is 6.05. The second kappa shape index (κ2) is 6.17. The maximum Gasteiger partial charge on any atom is 0.203 e. The predicted molar refractivity (Wildman–Crippen MR) is 88.1 cm³/mol. The molecular weight excluding hydrogens is 310 g/mol. The van der Waals surface area contributed by atoms with Crippen molar-refractivity contribution in [3.8, 4) is 10.6 Å². The fourth-order valence-electron chi connectivity index (χ4n) is 1.60. The number of hydrogen-bond donors (Lipinski definition) is 1. The molecule has 0 aliphatic rings. The van der Waals surface area contributed by atoms with Crippen LogP contribution in [-0.2, 0) is 0 Å². The molecule has 0 aliphatic carbocycles. The molecule has 0 atom stereocenters. The van der Waals surface area contributed by atoms with Crippen LogP contribution in [0.4, 0.5) is 5.13 Å². The molecule has 0 spiro atoms. The standard InChI is InChI=1S/C14H10ClN3S2/c15-11-5-2-1-4-10(11)8-16-18-14-17-12(9-20-14)13-6-3-7-19-13/h1-9H,(H,17,18). The first kappa shape index (κ1) is 13.3. The average Bonchev–Trinajstić information content (AvgIpc) is 3.11. The van der Waals surface area contributed by atoms with Crippen LogP contribution in [0.15, 0.2) is 52.3 Å². The summed E-state index contributed by atoms with van der Waals surface area (Å²) in [5.41, 5.74) is 4.77. The summed E-state index contributed by atoms with van der Waals surface area (Å²) >= 11 is 9.24. The van der Waals surface area contributed by atoms with Gasteiger partial charge in [-0.05, 0) is 17.5 Å². The third-order valence-corrected chi connectivity index (χ3v) is 4.53. The van der Waals surface area contributed by atoms with Crippen LogP contribution >= 0.6 is 34.3 Å². The van der Waals surface area contributed by atoms with Crippen LogP contribution in [0.2, 0.25) is 5.02 Å². The third kappa shape index (κ3) is 3.07. The Kier molecular flexibility index (Phi) is 4.11. The summed E-state index contributed by atoms with van der Waals surface area (Å²) in [5.74, 6) is 0. The molecule has 0 fully saturated rings. The Labute approximate surface area is 129 Å². The van der Waals surface area contributed by atoms with E-state index in [0.29, 0.717) is 5.02 Å². The topological polar surface area (TPSA) is 37.3 Å². The number of nitrogens with zero attached hydrogens (tertiary/aromatic N) is 2. The number of benzene rings is 1. The Morgan fingerprint density at radius 3 is 2.85 bits per heavy atom. The molecule has 2 heterocycles. The van der Waals surface area contributed by atoms with E-state index in [-0.39, 0.29) is 0 Å². The van der Waals surface area contributed by atoms with Gasteiger partial charge in [0.25, 0.3) is 0 Å². The van der Waals surface area contributed by atoms with E-state index in [1.807, 2.05) is 41.1 Å². The molecule has 0 saturated heterocycles. The summed E-state index contributed by atoms with van der Waals surface area (Å²) in [4.78, 5) is 5.63. The summed E-state index contributed by atoms with van der Waals surface area (Å²) < 4.78 is 0. The minimum absolute atomic E-state index is 0.677. The zero-order valence-corrected chi connectivity index (χ0v) is 12.7. The molecule has 0 amide bonds. The Morgan fingerprint density at radius 1 is 1.15 bits per heavy atom. The van der Waals surface area contributed by atoms with Crippen molar-refractivity contribution in [3.05, 3.63) is 57.7 Å². The highest BCUT2D eigenvalue weighted by molar-refractivity contribution is 7.15. The van der Waals surface area contributed by atoms with E-state index < -0.39 is 0 Å². The maximum absolute atomic E-state index is 6.05. The van der Waals surface area contributed by atoms with Crippen molar-refractivity contribution in [2.75, 3.05) is 5.43 Å². The monoisotopic (exact) mass is 319 g/mol. The average molecular weight is 320 g/mol. The lowest BCUT2D eigenvalue weighted by atomic mass is 10.2. The van der Waals surface area contributed by atoms with Gasteiger partial charge in [0.1, 0.15) is 0 Å². The Balaban J connectivity index is 1.69. The van der Waals surface area contributed by atoms with Crippen molar-refractivity contribution in [3.63, 3.8) is 0 Å². The first-order valence-electron chi connectivity index (χ1n) is 5.86. The van der Waals surface area contributed by atoms with Crippen LogP contribution in [0.3, 0.4) is 0 Å². The smallest absolute Gasteiger partial charge is 0.203 e. The minimum Gasteiger partial charge on any atom is -0.253 e. The van der Waals surface area contributed by atoms with Gasteiger partial charge in [-0.3, -0.25) is 5.43 Å². The van der Waals surface area contributed by atoms with Gasteiger partial charge in [0.05, 0.1) is 16.8 Å². The molecule has 0 saturated carbocycles. The van der Waals surface area contributed by atoms with E-state index in [9.17, 15) is 0 Å². The van der Waals surface area contributed by atoms with Gasteiger partial charge in [0, 0.05) is 16.0 Å². The molecular formula is C14H10ClN3S2. The zero-order chi connectivity index (χ0) is 13.8. The van der Waals surface area contributed by atoms with Gasteiger partial charge in [0.2, 0.25) is 5.13 Å². The molecule has 100 valence electrons. The molecule has 3 nitrogen and oxygen atoms in total. The second-order valence-electron chi connectivity index (χ2n) is 3.91. The van der Waals surface area contributed by atoms with Gasteiger partial charge in [0.15, 0.2) is 0 Å². The first-order chi connectivity index (χ1) is 9.83. The Hall–Kier alpha value is -1.69. The molecule has 20 heavy (non-hydrogen) atoms. The fraction of sp³-hybridized carbons (Fsp3) is 0. The van der Waals surface area contributed by atoms with Crippen molar-refractivity contribution in [1.82, 2.24) is 4.98 Å². The molecule has 3 rings (SSSR count). The normalized spacial score (nSPS) is 11.1. The molecule has 3 aromatic rings. The van der Waals surface area contributed by atoms with Crippen molar-refractivity contribution in [2.24, 2.45) is 5.10 Å². The van der Waals surface area contributed by atoms with Gasteiger partial charge in [-0.25, -0.2) is 4.98 Å². The Bertz CT molecular complexity index is 720. The second-order valence-corrected chi connectivity index (χ2v) is 6.12. The highest BCUT2D eigenvalue weighted by Gasteiger charge is 2.04. The SMILES string of the molecule is Clc1ccccc1C=NNc1nc(-c2cccs2)cs1. The number of halogens is 1. The summed E-state index contributed by atoms with van der Waals surface area (Å²) in [6, 6.07) is 11.6.